The van der Waals surface area contributed by atoms with Crippen molar-refractivity contribution in [3.63, 3.8) is 0 Å². The molecule has 1 fully saturated rings. The van der Waals surface area contributed by atoms with Gasteiger partial charge in [-0.15, -0.1) is 0 Å². The quantitative estimate of drug-likeness (QED) is 0.606. The molecule has 2 aliphatic heterocycles. The summed E-state index contributed by atoms with van der Waals surface area (Å²) in [4.78, 5) is 20.1. The summed E-state index contributed by atoms with van der Waals surface area (Å²) < 4.78 is 5.46. The van der Waals surface area contributed by atoms with Crippen molar-refractivity contribution < 1.29 is 9.53 Å². The van der Waals surface area contributed by atoms with Crippen molar-refractivity contribution in [2.75, 3.05) is 62.7 Å². The van der Waals surface area contributed by atoms with Crippen molar-refractivity contribution in [3.8, 4) is 0 Å². The number of ether oxygens (including phenoxy) is 1. The molecule has 0 aliphatic carbocycles. The van der Waals surface area contributed by atoms with Crippen molar-refractivity contribution in [1.82, 2.24) is 9.80 Å². The van der Waals surface area contributed by atoms with Gasteiger partial charge in [-0.05, 0) is 55.0 Å². The van der Waals surface area contributed by atoms with E-state index in [0.717, 1.165) is 77.4 Å². The summed E-state index contributed by atoms with van der Waals surface area (Å²) in [6.45, 7) is 10.4. The first-order valence-electron chi connectivity index (χ1n) is 12.5. The van der Waals surface area contributed by atoms with Crippen molar-refractivity contribution >= 4 is 17.4 Å². The van der Waals surface area contributed by atoms with E-state index in [1.54, 1.807) is 0 Å². The van der Waals surface area contributed by atoms with Gasteiger partial charge in [-0.25, -0.2) is 4.79 Å². The van der Waals surface area contributed by atoms with Crippen LogP contribution >= 0.6 is 0 Å². The molecular formula is C27H38N4O2. The van der Waals surface area contributed by atoms with E-state index in [4.69, 9.17) is 4.74 Å². The Kier molecular flexibility index (Phi) is 8.61. The third kappa shape index (κ3) is 6.71. The minimum absolute atomic E-state index is 0.0338. The number of anilines is 2. The maximum Gasteiger partial charge on any atom is 0.322 e. The minimum Gasteiger partial charge on any atom is -0.379 e. The molecule has 2 aromatic carbocycles. The highest BCUT2D eigenvalue weighted by Crippen LogP contribution is 2.28. The first kappa shape index (κ1) is 23.6. The molecular weight excluding hydrogens is 412 g/mol. The Balaban J connectivity index is 1.43. The Morgan fingerprint density at radius 2 is 1.88 bits per heavy atom. The summed E-state index contributed by atoms with van der Waals surface area (Å²) in [6, 6.07) is 16.5. The molecule has 33 heavy (non-hydrogen) atoms. The van der Waals surface area contributed by atoms with E-state index in [9.17, 15) is 4.79 Å². The fourth-order valence-electron chi connectivity index (χ4n) is 4.84. The fourth-order valence-corrected chi connectivity index (χ4v) is 4.84. The van der Waals surface area contributed by atoms with Crippen molar-refractivity contribution in [2.24, 2.45) is 0 Å². The number of aryl methyl sites for hydroxylation is 1. The molecule has 2 aromatic rings. The standard InChI is InChI=1S/C27H38N4O2/c1-2-13-30-15-6-8-24-21-23(11-12-26(24)30)22-31(16-7-14-29-17-19-33-20-18-29)27(32)28-25-9-4-3-5-10-25/h3-5,9-12,21H,2,6-8,13-20,22H2,1H3,(H,28,32). The topological polar surface area (TPSA) is 48.1 Å². The number of carbonyl (C=O) groups is 1. The molecule has 1 saturated heterocycles. The SMILES string of the molecule is CCCN1CCCc2cc(CN(CCCN3CCOCC3)C(=O)Nc3ccccc3)ccc21. The van der Waals surface area contributed by atoms with Gasteiger partial charge in [0.2, 0.25) is 0 Å². The molecule has 178 valence electrons. The van der Waals surface area contributed by atoms with Crippen LogP contribution in [0.25, 0.3) is 0 Å². The van der Waals surface area contributed by atoms with E-state index in [0.29, 0.717) is 6.54 Å². The number of urea groups is 1. The molecule has 0 saturated carbocycles. The van der Waals surface area contributed by atoms with Gasteiger partial charge in [0, 0.05) is 57.2 Å². The van der Waals surface area contributed by atoms with Crippen LogP contribution < -0.4 is 10.2 Å². The number of hydrogen-bond donors (Lipinski definition) is 1. The summed E-state index contributed by atoms with van der Waals surface area (Å²) in [5.74, 6) is 0. The minimum atomic E-state index is -0.0338. The molecule has 0 radical (unpaired) electrons. The first-order valence-corrected chi connectivity index (χ1v) is 12.5. The summed E-state index contributed by atoms with van der Waals surface area (Å²) in [7, 11) is 0. The lowest BCUT2D eigenvalue weighted by molar-refractivity contribution is 0.0365. The number of nitrogens with zero attached hydrogens (tertiary/aromatic N) is 3. The Hall–Kier alpha value is -2.57. The second-order valence-corrected chi connectivity index (χ2v) is 9.08. The van der Waals surface area contributed by atoms with Crippen molar-refractivity contribution in [1.29, 1.82) is 0 Å². The summed E-state index contributed by atoms with van der Waals surface area (Å²) in [6.07, 6.45) is 4.44. The molecule has 4 rings (SSSR count). The van der Waals surface area contributed by atoms with E-state index >= 15 is 0 Å². The maximum absolute atomic E-state index is 13.2. The summed E-state index contributed by atoms with van der Waals surface area (Å²) in [5.41, 5.74) is 4.84. The second kappa shape index (κ2) is 12.1. The number of nitrogens with one attached hydrogen (secondary N) is 1. The van der Waals surface area contributed by atoms with Crippen LogP contribution in [-0.4, -0.2) is 68.3 Å². The molecule has 0 atom stereocenters. The molecule has 0 unspecified atom stereocenters. The lowest BCUT2D eigenvalue weighted by Crippen LogP contribution is -2.40. The van der Waals surface area contributed by atoms with E-state index in [1.165, 1.54) is 23.2 Å². The largest absolute Gasteiger partial charge is 0.379 e. The monoisotopic (exact) mass is 450 g/mol. The fraction of sp³-hybridized carbons (Fsp3) is 0.519. The molecule has 2 amide bonds. The molecule has 2 heterocycles. The first-order chi connectivity index (χ1) is 16.2. The molecule has 0 bridgehead atoms. The van der Waals surface area contributed by atoms with Gasteiger partial charge in [0.05, 0.1) is 13.2 Å². The number of morpholine rings is 1. The van der Waals surface area contributed by atoms with Gasteiger partial charge in [-0.3, -0.25) is 4.90 Å². The van der Waals surface area contributed by atoms with Gasteiger partial charge in [-0.2, -0.15) is 0 Å². The smallest absolute Gasteiger partial charge is 0.322 e. The molecule has 0 spiro atoms. The Bertz CT molecular complexity index is 883. The zero-order chi connectivity index (χ0) is 22.9. The van der Waals surface area contributed by atoms with Gasteiger partial charge in [0.15, 0.2) is 0 Å². The maximum atomic E-state index is 13.2. The Labute approximate surface area is 198 Å². The normalized spacial score (nSPS) is 16.3. The lowest BCUT2D eigenvalue weighted by Gasteiger charge is -2.32. The number of hydrogen-bond acceptors (Lipinski definition) is 4. The zero-order valence-corrected chi connectivity index (χ0v) is 20.0. The van der Waals surface area contributed by atoms with Crippen LogP contribution in [-0.2, 0) is 17.7 Å². The molecule has 1 N–H and O–H groups in total. The van der Waals surface area contributed by atoms with Crippen molar-refractivity contribution in [3.05, 3.63) is 59.7 Å². The van der Waals surface area contributed by atoms with Crippen LogP contribution in [0, 0.1) is 0 Å². The average Bonchev–Trinajstić information content (AvgIpc) is 2.85. The average molecular weight is 451 g/mol. The van der Waals surface area contributed by atoms with E-state index < -0.39 is 0 Å². The molecule has 6 heteroatoms. The molecule has 2 aliphatic rings. The Morgan fingerprint density at radius 3 is 2.67 bits per heavy atom. The zero-order valence-electron chi connectivity index (χ0n) is 20.0. The van der Waals surface area contributed by atoms with Gasteiger partial charge >= 0.3 is 6.03 Å². The number of para-hydroxylation sites is 1. The molecule has 6 nitrogen and oxygen atoms in total. The van der Waals surface area contributed by atoms with Crippen LogP contribution in [0.5, 0.6) is 0 Å². The number of amides is 2. The van der Waals surface area contributed by atoms with Gasteiger partial charge in [0.25, 0.3) is 0 Å². The highest BCUT2D eigenvalue weighted by atomic mass is 16.5. The van der Waals surface area contributed by atoms with Crippen LogP contribution in [0.4, 0.5) is 16.2 Å². The molecule has 0 aromatic heterocycles. The van der Waals surface area contributed by atoms with Gasteiger partial charge in [-0.1, -0.05) is 37.3 Å². The Morgan fingerprint density at radius 1 is 1.06 bits per heavy atom. The predicted molar refractivity (Wildman–Crippen MR) is 135 cm³/mol. The number of benzene rings is 2. The van der Waals surface area contributed by atoms with Crippen LogP contribution in [0.3, 0.4) is 0 Å². The van der Waals surface area contributed by atoms with E-state index in [1.807, 2.05) is 35.2 Å². The lowest BCUT2D eigenvalue weighted by atomic mass is 9.98. The number of rotatable bonds is 9. The third-order valence-electron chi connectivity index (χ3n) is 6.54. The highest BCUT2D eigenvalue weighted by molar-refractivity contribution is 5.89. The van der Waals surface area contributed by atoms with Crippen LogP contribution in [0.15, 0.2) is 48.5 Å². The summed E-state index contributed by atoms with van der Waals surface area (Å²) in [5, 5.41) is 3.08. The number of fused-ring (bicyclic) bond motifs is 1. The van der Waals surface area contributed by atoms with Crippen LogP contribution in [0.2, 0.25) is 0 Å². The predicted octanol–water partition coefficient (Wildman–Crippen LogP) is 4.61. The van der Waals surface area contributed by atoms with E-state index in [2.05, 4.69) is 40.2 Å². The van der Waals surface area contributed by atoms with Gasteiger partial charge in [0.1, 0.15) is 0 Å². The summed E-state index contributed by atoms with van der Waals surface area (Å²) >= 11 is 0. The third-order valence-corrected chi connectivity index (χ3v) is 6.54. The highest BCUT2D eigenvalue weighted by Gasteiger charge is 2.19. The second-order valence-electron chi connectivity index (χ2n) is 9.08. The van der Waals surface area contributed by atoms with Crippen molar-refractivity contribution in [2.45, 2.75) is 39.2 Å². The van der Waals surface area contributed by atoms with Gasteiger partial charge < -0.3 is 19.9 Å². The van der Waals surface area contributed by atoms with Crippen LogP contribution in [0.1, 0.15) is 37.3 Å². The van der Waals surface area contributed by atoms with E-state index in [-0.39, 0.29) is 6.03 Å². The number of carbonyl (C=O) groups excluding carboxylic acids is 1.